The van der Waals surface area contributed by atoms with Gasteiger partial charge in [-0.1, -0.05) is 0 Å². The zero-order valence-corrected chi connectivity index (χ0v) is 7.19. The standard InChI is InChI=1S/C7H15NO4/c1-7(11)3-12-6(10)4(9)5(7)8-2/h4-6,8-11H,3H2,1-2H3/t4-,5-,6-,7+/m0/s1. The minimum Gasteiger partial charge on any atom is -0.386 e. The summed E-state index contributed by atoms with van der Waals surface area (Å²) in [5.41, 5.74) is -1.15. The first-order valence-corrected chi connectivity index (χ1v) is 3.86. The van der Waals surface area contributed by atoms with Crippen molar-refractivity contribution in [1.29, 1.82) is 0 Å². The summed E-state index contributed by atoms with van der Waals surface area (Å²) in [7, 11) is 1.61. The molecular weight excluding hydrogens is 162 g/mol. The van der Waals surface area contributed by atoms with Crippen LogP contribution in [0.1, 0.15) is 6.92 Å². The molecule has 1 saturated heterocycles. The van der Waals surface area contributed by atoms with Crippen molar-refractivity contribution in [1.82, 2.24) is 5.32 Å². The van der Waals surface area contributed by atoms with Crippen LogP contribution in [0.2, 0.25) is 0 Å². The van der Waals surface area contributed by atoms with Gasteiger partial charge in [0.15, 0.2) is 6.29 Å². The number of likely N-dealkylation sites (N-methyl/N-ethyl adjacent to an activating group) is 1. The lowest BCUT2D eigenvalue weighted by molar-refractivity contribution is -0.248. The van der Waals surface area contributed by atoms with Crippen LogP contribution in [0.25, 0.3) is 0 Å². The van der Waals surface area contributed by atoms with Gasteiger partial charge < -0.3 is 25.4 Å². The van der Waals surface area contributed by atoms with Gasteiger partial charge >= 0.3 is 0 Å². The molecule has 0 aromatic rings. The van der Waals surface area contributed by atoms with Crippen LogP contribution >= 0.6 is 0 Å². The smallest absolute Gasteiger partial charge is 0.182 e. The molecule has 0 unspecified atom stereocenters. The molecular formula is C7H15NO4. The van der Waals surface area contributed by atoms with E-state index in [0.29, 0.717) is 0 Å². The lowest BCUT2D eigenvalue weighted by atomic mass is 9.90. The van der Waals surface area contributed by atoms with Gasteiger partial charge in [-0.05, 0) is 14.0 Å². The van der Waals surface area contributed by atoms with Gasteiger partial charge in [-0.25, -0.2) is 0 Å². The van der Waals surface area contributed by atoms with Gasteiger partial charge in [-0.15, -0.1) is 0 Å². The number of hydrogen-bond acceptors (Lipinski definition) is 5. The number of hydrogen-bond donors (Lipinski definition) is 4. The quantitative estimate of drug-likeness (QED) is 0.374. The Morgan fingerprint density at radius 3 is 2.50 bits per heavy atom. The van der Waals surface area contributed by atoms with E-state index in [2.05, 4.69) is 5.32 Å². The molecule has 0 saturated carbocycles. The van der Waals surface area contributed by atoms with Crippen LogP contribution in [-0.4, -0.2) is 53.0 Å². The molecule has 1 fully saturated rings. The minimum absolute atomic E-state index is 0.0106. The Hall–Kier alpha value is -0.200. The van der Waals surface area contributed by atoms with E-state index in [4.69, 9.17) is 9.84 Å². The molecule has 1 heterocycles. The van der Waals surface area contributed by atoms with E-state index >= 15 is 0 Å². The second-order valence-electron chi connectivity index (χ2n) is 3.32. The van der Waals surface area contributed by atoms with E-state index in [1.165, 1.54) is 0 Å². The summed E-state index contributed by atoms with van der Waals surface area (Å²) in [5, 5.41) is 30.9. The molecule has 12 heavy (non-hydrogen) atoms. The molecule has 4 N–H and O–H groups in total. The van der Waals surface area contributed by atoms with Crippen molar-refractivity contribution in [3.05, 3.63) is 0 Å². The van der Waals surface area contributed by atoms with E-state index in [-0.39, 0.29) is 6.61 Å². The Labute approximate surface area is 71.0 Å². The highest BCUT2D eigenvalue weighted by molar-refractivity contribution is 4.96. The highest BCUT2D eigenvalue weighted by atomic mass is 16.6. The second-order valence-corrected chi connectivity index (χ2v) is 3.32. The van der Waals surface area contributed by atoms with Crippen LogP contribution in [0.3, 0.4) is 0 Å². The fourth-order valence-electron chi connectivity index (χ4n) is 1.46. The lowest BCUT2D eigenvalue weighted by Crippen LogP contribution is -2.64. The first-order valence-electron chi connectivity index (χ1n) is 3.86. The van der Waals surface area contributed by atoms with Crippen molar-refractivity contribution in [2.75, 3.05) is 13.7 Å². The van der Waals surface area contributed by atoms with Gasteiger partial charge in [-0.3, -0.25) is 0 Å². The molecule has 0 amide bonds. The fraction of sp³-hybridized carbons (Fsp3) is 1.00. The molecule has 0 radical (unpaired) electrons. The second kappa shape index (κ2) is 3.27. The third-order valence-electron chi connectivity index (χ3n) is 2.16. The van der Waals surface area contributed by atoms with Gasteiger partial charge in [0.1, 0.15) is 11.7 Å². The third kappa shape index (κ3) is 1.60. The summed E-state index contributed by atoms with van der Waals surface area (Å²) in [6, 6.07) is -0.568. The van der Waals surface area contributed by atoms with Gasteiger partial charge in [0.2, 0.25) is 0 Å². The van der Waals surface area contributed by atoms with E-state index < -0.39 is 24.0 Å². The maximum Gasteiger partial charge on any atom is 0.182 e. The first-order chi connectivity index (χ1) is 5.49. The highest BCUT2D eigenvalue weighted by Crippen LogP contribution is 2.22. The van der Waals surface area contributed by atoms with Crippen molar-refractivity contribution in [3.8, 4) is 0 Å². The molecule has 72 valence electrons. The molecule has 1 rings (SSSR count). The van der Waals surface area contributed by atoms with E-state index in [0.717, 1.165) is 0 Å². The van der Waals surface area contributed by atoms with Gasteiger partial charge in [0.05, 0.1) is 12.6 Å². The van der Waals surface area contributed by atoms with Crippen LogP contribution in [0, 0.1) is 0 Å². The predicted octanol–water partition coefficient (Wildman–Crippen LogP) is -1.97. The average Bonchev–Trinajstić information content (AvgIpc) is 1.99. The number of aliphatic hydroxyl groups is 3. The van der Waals surface area contributed by atoms with E-state index in [9.17, 15) is 10.2 Å². The lowest BCUT2D eigenvalue weighted by Gasteiger charge is -2.42. The van der Waals surface area contributed by atoms with Crippen LogP contribution in [0.15, 0.2) is 0 Å². The molecule has 5 heteroatoms. The molecule has 1 aliphatic heterocycles. The summed E-state index contributed by atoms with van der Waals surface area (Å²) in [5.74, 6) is 0. The fourth-order valence-corrected chi connectivity index (χ4v) is 1.46. The normalized spacial score (nSPS) is 49.2. The zero-order chi connectivity index (χ0) is 9.35. The third-order valence-corrected chi connectivity index (χ3v) is 2.16. The minimum atomic E-state index is -1.22. The Balaban J connectivity index is 2.72. The monoisotopic (exact) mass is 177 g/mol. The van der Waals surface area contributed by atoms with Crippen molar-refractivity contribution in [2.45, 2.75) is 31.0 Å². The van der Waals surface area contributed by atoms with Crippen LogP contribution in [0.4, 0.5) is 0 Å². The van der Waals surface area contributed by atoms with Gasteiger partial charge in [0.25, 0.3) is 0 Å². The van der Waals surface area contributed by atoms with E-state index in [1.54, 1.807) is 14.0 Å². The van der Waals surface area contributed by atoms with Crippen molar-refractivity contribution in [3.63, 3.8) is 0 Å². The summed E-state index contributed by atoms with van der Waals surface area (Å²) in [6.07, 6.45) is -2.32. The van der Waals surface area contributed by atoms with Crippen molar-refractivity contribution >= 4 is 0 Å². The summed E-state index contributed by atoms with van der Waals surface area (Å²) >= 11 is 0. The van der Waals surface area contributed by atoms with Crippen molar-refractivity contribution in [2.24, 2.45) is 0 Å². The van der Waals surface area contributed by atoms with Gasteiger partial charge in [-0.2, -0.15) is 0 Å². The zero-order valence-electron chi connectivity index (χ0n) is 7.19. The average molecular weight is 177 g/mol. The number of ether oxygens (including phenoxy) is 1. The summed E-state index contributed by atoms with van der Waals surface area (Å²) < 4.78 is 4.75. The van der Waals surface area contributed by atoms with Crippen LogP contribution in [-0.2, 0) is 4.74 Å². The Morgan fingerprint density at radius 1 is 1.50 bits per heavy atom. The maximum atomic E-state index is 9.66. The molecule has 0 bridgehead atoms. The van der Waals surface area contributed by atoms with Crippen LogP contribution < -0.4 is 5.32 Å². The number of rotatable bonds is 1. The number of aliphatic hydroxyl groups excluding tert-OH is 2. The summed E-state index contributed by atoms with van der Waals surface area (Å²) in [4.78, 5) is 0. The maximum absolute atomic E-state index is 9.66. The Morgan fingerprint density at radius 2 is 2.08 bits per heavy atom. The molecule has 0 aromatic heterocycles. The Kier molecular flexibility index (Phi) is 2.70. The van der Waals surface area contributed by atoms with Crippen LogP contribution in [0.5, 0.6) is 0 Å². The largest absolute Gasteiger partial charge is 0.386 e. The Bertz CT molecular complexity index is 161. The molecule has 0 spiro atoms. The first kappa shape index (κ1) is 9.88. The SMILES string of the molecule is CN[C@H]1[C@H](O)[C@@H](O)OC[C@@]1(C)O. The highest BCUT2D eigenvalue weighted by Gasteiger charge is 2.44. The summed E-state index contributed by atoms with van der Waals surface area (Å²) in [6.45, 7) is 1.56. The topological polar surface area (TPSA) is 82.0 Å². The van der Waals surface area contributed by atoms with Gasteiger partial charge in [0, 0.05) is 0 Å². The number of nitrogens with one attached hydrogen (secondary N) is 1. The van der Waals surface area contributed by atoms with Crippen molar-refractivity contribution < 1.29 is 20.1 Å². The van der Waals surface area contributed by atoms with E-state index in [1.807, 2.05) is 0 Å². The molecule has 5 nitrogen and oxygen atoms in total. The molecule has 1 aliphatic rings. The molecule has 4 atom stereocenters. The molecule has 0 aromatic carbocycles. The predicted molar refractivity (Wildman–Crippen MR) is 41.4 cm³/mol. The molecule has 0 aliphatic carbocycles.